The Morgan fingerprint density at radius 1 is 1.43 bits per heavy atom. The molecule has 2 fully saturated rings. The molecule has 3 nitrogen and oxygen atoms in total. The smallest absolute Gasteiger partial charge is 0.191 e. The Kier molecular flexibility index (Phi) is 1.88. The third kappa shape index (κ3) is 0.965. The highest BCUT2D eigenvalue weighted by Crippen LogP contribution is 2.49. The van der Waals surface area contributed by atoms with Crippen molar-refractivity contribution in [3.63, 3.8) is 0 Å². The first-order chi connectivity index (χ1) is 6.74. The summed E-state index contributed by atoms with van der Waals surface area (Å²) in [5.74, 6) is -0.212. The van der Waals surface area contributed by atoms with Crippen LogP contribution >= 0.6 is 15.9 Å². The average Bonchev–Trinajstić information content (AvgIpc) is 2.81. The van der Waals surface area contributed by atoms with Gasteiger partial charge in [0.25, 0.3) is 0 Å². The fourth-order valence-electron chi connectivity index (χ4n) is 2.60. The van der Waals surface area contributed by atoms with Crippen LogP contribution in [0.3, 0.4) is 0 Å². The third-order valence-electron chi connectivity index (χ3n) is 3.32. The summed E-state index contributed by atoms with van der Waals surface area (Å²) in [4.78, 5) is 11.6. The highest BCUT2D eigenvalue weighted by atomic mass is 79.9. The number of ether oxygens (including phenoxy) is 2. The van der Waals surface area contributed by atoms with E-state index in [-0.39, 0.29) is 10.6 Å². The van der Waals surface area contributed by atoms with Crippen molar-refractivity contribution in [3.8, 4) is 0 Å². The van der Waals surface area contributed by atoms with E-state index in [0.29, 0.717) is 19.1 Å². The van der Waals surface area contributed by atoms with Crippen LogP contribution in [0.15, 0.2) is 11.6 Å². The minimum absolute atomic E-state index is 0.139. The van der Waals surface area contributed by atoms with Crippen LogP contribution in [-0.4, -0.2) is 29.6 Å². The van der Waals surface area contributed by atoms with Crippen molar-refractivity contribution >= 4 is 21.7 Å². The maximum absolute atomic E-state index is 11.9. The quantitative estimate of drug-likeness (QED) is 0.617. The molecule has 0 amide bonds. The third-order valence-corrected chi connectivity index (χ3v) is 4.38. The Morgan fingerprint density at radius 2 is 2.14 bits per heavy atom. The molecule has 0 N–H and O–H groups in total. The van der Waals surface area contributed by atoms with Crippen LogP contribution in [0.25, 0.3) is 0 Å². The molecule has 2 atom stereocenters. The number of ketones is 1. The molecule has 4 heteroatoms. The van der Waals surface area contributed by atoms with Crippen molar-refractivity contribution in [2.24, 2.45) is 5.92 Å². The van der Waals surface area contributed by atoms with Gasteiger partial charge in [-0.3, -0.25) is 4.79 Å². The van der Waals surface area contributed by atoms with E-state index in [9.17, 15) is 4.79 Å². The van der Waals surface area contributed by atoms with Crippen LogP contribution in [0.5, 0.6) is 0 Å². The van der Waals surface area contributed by atoms with Gasteiger partial charge in [-0.2, -0.15) is 0 Å². The highest BCUT2D eigenvalue weighted by molar-refractivity contribution is 9.10. The number of halogens is 1. The summed E-state index contributed by atoms with van der Waals surface area (Å²) in [6, 6.07) is 0. The van der Waals surface area contributed by atoms with E-state index >= 15 is 0 Å². The summed E-state index contributed by atoms with van der Waals surface area (Å²) in [6.07, 6.45) is 3.76. The summed E-state index contributed by atoms with van der Waals surface area (Å²) in [5.41, 5.74) is 0.946. The SMILES string of the molecule is O=C1C2=CCC(C2)C2(OCCO2)C1Br. The standard InChI is InChI=1S/C10H11BrO3/c11-9-8(12)6-1-2-7(5-6)10(9)13-3-4-14-10/h1,7,9H,2-5H2. The van der Waals surface area contributed by atoms with Gasteiger partial charge in [-0.25, -0.2) is 0 Å². The van der Waals surface area contributed by atoms with Gasteiger partial charge in [0.2, 0.25) is 0 Å². The zero-order chi connectivity index (χ0) is 9.76. The topological polar surface area (TPSA) is 35.5 Å². The Morgan fingerprint density at radius 3 is 2.86 bits per heavy atom. The lowest BCUT2D eigenvalue weighted by molar-refractivity contribution is -0.196. The van der Waals surface area contributed by atoms with E-state index in [1.165, 1.54) is 0 Å². The maximum atomic E-state index is 11.9. The molecule has 2 bridgehead atoms. The first-order valence-electron chi connectivity index (χ1n) is 4.89. The second-order valence-corrected chi connectivity index (χ2v) is 4.93. The van der Waals surface area contributed by atoms with Crippen molar-refractivity contribution in [3.05, 3.63) is 11.6 Å². The lowest BCUT2D eigenvalue weighted by atomic mass is 9.84. The van der Waals surface area contributed by atoms with E-state index in [1.54, 1.807) is 0 Å². The molecule has 3 aliphatic rings. The van der Waals surface area contributed by atoms with Crippen molar-refractivity contribution in [2.75, 3.05) is 13.2 Å². The fraction of sp³-hybridized carbons (Fsp3) is 0.700. The monoisotopic (exact) mass is 258 g/mol. The molecule has 14 heavy (non-hydrogen) atoms. The van der Waals surface area contributed by atoms with Crippen LogP contribution in [0, 0.1) is 5.92 Å². The zero-order valence-corrected chi connectivity index (χ0v) is 9.25. The van der Waals surface area contributed by atoms with E-state index in [1.807, 2.05) is 6.08 Å². The van der Waals surface area contributed by atoms with E-state index in [2.05, 4.69) is 15.9 Å². The molecule has 1 aliphatic heterocycles. The number of alkyl halides is 1. The van der Waals surface area contributed by atoms with Gasteiger partial charge < -0.3 is 9.47 Å². The number of hydrogen-bond acceptors (Lipinski definition) is 3. The molecular formula is C10H11BrO3. The summed E-state index contributed by atoms with van der Waals surface area (Å²) < 4.78 is 11.3. The minimum atomic E-state index is -0.673. The molecule has 2 unspecified atom stereocenters. The molecular weight excluding hydrogens is 248 g/mol. The van der Waals surface area contributed by atoms with E-state index < -0.39 is 5.79 Å². The second-order valence-electron chi connectivity index (χ2n) is 4.01. The van der Waals surface area contributed by atoms with Crippen LogP contribution in [0.2, 0.25) is 0 Å². The van der Waals surface area contributed by atoms with Gasteiger partial charge in [-0.15, -0.1) is 0 Å². The molecule has 1 heterocycles. The van der Waals surface area contributed by atoms with E-state index in [0.717, 1.165) is 18.4 Å². The lowest BCUT2D eigenvalue weighted by Gasteiger charge is -2.39. The van der Waals surface area contributed by atoms with Gasteiger partial charge >= 0.3 is 0 Å². The van der Waals surface area contributed by atoms with Crippen LogP contribution in [0.4, 0.5) is 0 Å². The molecule has 2 aliphatic carbocycles. The molecule has 0 radical (unpaired) electrons. The molecule has 1 saturated carbocycles. The van der Waals surface area contributed by atoms with Gasteiger partial charge in [-0.1, -0.05) is 22.0 Å². The van der Waals surface area contributed by atoms with Crippen LogP contribution in [0.1, 0.15) is 12.8 Å². The van der Waals surface area contributed by atoms with Crippen molar-refractivity contribution in [1.82, 2.24) is 0 Å². The molecule has 0 aromatic rings. The fourth-order valence-corrected chi connectivity index (χ4v) is 3.54. The Balaban J connectivity index is 2.02. The largest absolute Gasteiger partial charge is 0.346 e. The number of allylic oxidation sites excluding steroid dienone is 2. The Labute approximate surface area is 90.6 Å². The summed E-state index contributed by atoms with van der Waals surface area (Å²) in [5, 5.41) is 0. The highest BCUT2D eigenvalue weighted by Gasteiger charge is 2.57. The number of carbonyl (C=O) groups is 1. The second kappa shape index (κ2) is 2.90. The number of Topliss-reactive ketones (excluding diaryl/α,β-unsaturated/α-hetero) is 1. The molecule has 0 aromatic carbocycles. The normalized spacial score (nSPS) is 39.2. The van der Waals surface area contributed by atoms with Gasteiger partial charge in [0.15, 0.2) is 11.6 Å². The summed E-state index contributed by atoms with van der Waals surface area (Å²) in [7, 11) is 0. The molecule has 76 valence electrons. The number of carbonyl (C=O) groups excluding carboxylic acids is 1. The first kappa shape index (κ1) is 9.07. The van der Waals surface area contributed by atoms with Gasteiger partial charge in [0, 0.05) is 5.92 Å². The summed E-state index contributed by atoms with van der Waals surface area (Å²) >= 11 is 3.42. The number of fused-ring (bicyclic) bond motifs is 3. The van der Waals surface area contributed by atoms with E-state index in [4.69, 9.17) is 9.47 Å². The molecule has 1 spiro atoms. The van der Waals surface area contributed by atoms with Gasteiger partial charge in [0.1, 0.15) is 4.83 Å². The predicted octanol–water partition coefficient (Wildman–Crippen LogP) is 1.41. The zero-order valence-electron chi connectivity index (χ0n) is 7.66. The Bertz CT molecular complexity index is 317. The average molecular weight is 259 g/mol. The molecule has 1 saturated heterocycles. The summed E-state index contributed by atoms with van der Waals surface area (Å²) in [6.45, 7) is 1.20. The van der Waals surface area contributed by atoms with Crippen LogP contribution in [-0.2, 0) is 14.3 Å². The number of rotatable bonds is 0. The first-order valence-corrected chi connectivity index (χ1v) is 5.81. The molecule has 3 rings (SSSR count). The van der Waals surface area contributed by atoms with Crippen molar-refractivity contribution in [2.45, 2.75) is 23.5 Å². The van der Waals surface area contributed by atoms with Crippen molar-refractivity contribution < 1.29 is 14.3 Å². The Hall–Kier alpha value is -0.190. The van der Waals surface area contributed by atoms with Crippen molar-refractivity contribution in [1.29, 1.82) is 0 Å². The molecule has 0 aromatic heterocycles. The number of hydrogen-bond donors (Lipinski definition) is 0. The predicted molar refractivity (Wildman–Crippen MR) is 53.2 cm³/mol. The lowest BCUT2D eigenvalue weighted by Crippen LogP contribution is -2.52. The minimum Gasteiger partial charge on any atom is -0.346 e. The van der Waals surface area contributed by atoms with Crippen LogP contribution < -0.4 is 0 Å². The maximum Gasteiger partial charge on any atom is 0.191 e. The van der Waals surface area contributed by atoms with Gasteiger partial charge in [0.05, 0.1) is 13.2 Å². The van der Waals surface area contributed by atoms with Gasteiger partial charge in [-0.05, 0) is 18.4 Å².